The Bertz CT molecular complexity index is 1020. The molecule has 0 aliphatic rings. The zero-order valence-electron chi connectivity index (χ0n) is 16.0. The number of para-hydroxylation sites is 1. The number of hydrogen-bond donors (Lipinski definition) is 0. The van der Waals surface area contributed by atoms with Crippen LogP contribution in [0.15, 0.2) is 66.9 Å². The van der Waals surface area contributed by atoms with Gasteiger partial charge in [-0.05, 0) is 12.1 Å². The lowest BCUT2D eigenvalue weighted by molar-refractivity contribution is -0.133. The Hall–Kier alpha value is -3.92. The monoisotopic (exact) mass is 388 g/mol. The van der Waals surface area contributed by atoms with Crippen LogP contribution in [0.4, 0.5) is 0 Å². The SMILES string of the molecule is CN(CCC#N)C(=O)COC(=O)c1cn(-c2ccccc2)nc1-c1ccccc1. The molecule has 7 nitrogen and oxygen atoms in total. The molecule has 1 heterocycles. The topological polar surface area (TPSA) is 88.2 Å². The molecule has 0 aliphatic carbocycles. The zero-order valence-corrected chi connectivity index (χ0v) is 16.0. The van der Waals surface area contributed by atoms with E-state index >= 15 is 0 Å². The summed E-state index contributed by atoms with van der Waals surface area (Å²) in [6.07, 6.45) is 1.82. The number of amides is 1. The largest absolute Gasteiger partial charge is 0.452 e. The highest BCUT2D eigenvalue weighted by atomic mass is 16.5. The number of aromatic nitrogens is 2. The van der Waals surface area contributed by atoms with Crippen molar-refractivity contribution in [2.45, 2.75) is 6.42 Å². The summed E-state index contributed by atoms with van der Waals surface area (Å²) in [6.45, 7) is -0.112. The van der Waals surface area contributed by atoms with Gasteiger partial charge in [-0.15, -0.1) is 0 Å². The fourth-order valence-corrected chi connectivity index (χ4v) is 2.70. The number of carbonyl (C=O) groups excluding carboxylic acids is 2. The highest BCUT2D eigenvalue weighted by Gasteiger charge is 2.21. The Balaban J connectivity index is 1.83. The standard InChI is InChI=1S/C22H20N4O3/c1-25(14-8-13-23)20(27)16-29-22(28)19-15-26(18-11-6-3-7-12-18)24-21(19)17-9-4-2-5-10-17/h2-7,9-12,15H,8,14,16H2,1H3. The van der Waals surface area contributed by atoms with Crippen LogP contribution in [0.5, 0.6) is 0 Å². The van der Waals surface area contributed by atoms with Gasteiger partial charge in [-0.3, -0.25) is 4.79 Å². The Morgan fingerprint density at radius 2 is 1.76 bits per heavy atom. The third-order valence-corrected chi connectivity index (χ3v) is 4.31. The summed E-state index contributed by atoms with van der Waals surface area (Å²) in [6, 6.07) is 20.7. The van der Waals surface area contributed by atoms with Crippen molar-refractivity contribution in [2.75, 3.05) is 20.2 Å². The van der Waals surface area contributed by atoms with Crippen molar-refractivity contribution in [1.29, 1.82) is 5.26 Å². The van der Waals surface area contributed by atoms with Gasteiger partial charge in [0.25, 0.3) is 5.91 Å². The molecule has 0 saturated heterocycles. The van der Waals surface area contributed by atoms with Gasteiger partial charge in [0.15, 0.2) is 6.61 Å². The average Bonchev–Trinajstić information content (AvgIpc) is 3.22. The molecule has 7 heteroatoms. The fraction of sp³-hybridized carbons (Fsp3) is 0.182. The van der Waals surface area contributed by atoms with Crippen LogP contribution in [0.2, 0.25) is 0 Å². The number of hydrogen-bond acceptors (Lipinski definition) is 5. The molecule has 0 saturated carbocycles. The minimum atomic E-state index is -0.631. The van der Waals surface area contributed by atoms with Crippen molar-refractivity contribution in [3.8, 4) is 23.0 Å². The lowest BCUT2D eigenvalue weighted by Gasteiger charge is -2.15. The van der Waals surface area contributed by atoms with Crippen LogP contribution >= 0.6 is 0 Å². The summed E-state index contributed by atoms with van der Waals surface area (Å²) < 4.78 is 6.85. The lowest BCUT2D eigenvalue weighted by Crippen LogP contribution is -2.31. The van der Waals surface area contributed by atoms with Gasteiger partial charge in [0.1, 0.15) is 11.3 Å². The first-order chi connectivity index (χ1) is 14.1. The molecule has 0 unspecified atom stereocenters. The molecule has 3 aromatic rings. The smallest absolute Gasteiger partial charge is 0.342 e. The summed E-state index contributed by atoms with van der Waals surface area (Å²) in [5, 5.41) is 13.2. The minimum absolute atomic E-state index is 0.220. The lowest BCUT2D eigenvalue weighted by atomic mass is 10.1. The number of carbonyl (C=O) groups is 2. The molecule has 0 aliphatic heterocycles. The van der Waals surface area contributed by atoms with E-state index < -0.39 is 12.6 Å². The molecule has 0 spiro atoms. The summed E-state index contributed by atoms with van der Waals surface area (Å²) in [5.41, 5.74) is 2.32. The van der Waals surface area contributed by atoms with Crippen molar-refractivity contribution in [2.24, 2.45) is 0 Å². The van der Waals surface area contributed by atoms with Crippen LogP contribution in [0, 0.1) is 11.3 Å². The number of esters is 1. The summed E-state index contributed by atoms with van der Waals surface area (Å²) in [5.74, 6) is -1.00. The van der Waals surface area contributed by atoms with Crippen molar-refractivity contribution >= 4 is 11.9 Å². The summed E-state index contributed by atoms with van der Waals surface area (Å²) in [7, 11) is 1.57. The van der Waals surface area contributed by atoms with E-state index in [1.54, 1.807) is 17.9 Å². The van der Waals surface area contributed by atoms with Crippen LogP contribution in [0.1, 0.15) is 16.8 Å². The van der Waals surface area contributed by atoms with Crippen LogP contribution in [0.25, 0.3) is 16.9 Å². The third kappa shape index (κ3) is 4.87. The van der Waals surface area contributed by atoms with E-state index in [1.807, 2.05) is 66.7 Å². The molecule has 1 amide bonds. The van der Waals surface area contributed by atoms with Crippen LogP contribution in [-0.4, -0.2) is 46.8 Å². The van der Waals surface area contributed by atoms with Gasteiger partial charge in [-0.25, -0.2) is 9.48 Å². The average molecular weight is 388 g/mol. The zero-order chi connectivity index (χ0) is 20.6. The van der Waals surface area contributed by atoms with Gasteiger partial charge in [-0.2, -0.15) is 10.4 Å². The Morgan fingerprint density at radius 3 is 2.41 bits per heavy atom. The molecule has 0 N–H and O–H groups in total. The molecule has 146 valence electrons. The first-order valence-corrected chi connectivity index (χ1v) is 9.08. The highest BCUT2D eigenvalue weighted by molar-refractivity contribution is 5.97. The van der Waals surface area contributed by atoms with Gasteiger partial charge in [-0.1, -0.05) is 48.5 Å². The molecule has 0 atom stereocenters. The predicted molar refractivity (Wildman–Crippen MR) is 107 cm³/mol. The number of nitriles is 1. The van der Waals surface area contributed by atoms with E-state index in [4.69, 9.17) is 10.00 Å². The Morgan fingerprint density at radius 1 is 1.10 bits per heavy atom. The second kappa shape index (κ2) is 9.33. The van der Waals surface area contributed by atoms with Crippen LogP contribution in [0.3, 0.4) is 0 Å². The Labute approximate surface area is 168 Å². The van der Waals surface area contributed by atoms with E-state index in [9.17, 15) is 9.59 Å². The second-order valence-electron chi connectivity index (χ2n) is 6.34. The number of ether oxygens (including phenoxy) is 1. The van der Waals surface area contributed by atoms with E-state index in [0.29, 0.717) is 5.69 Å². The van der Waals surface area contributed by atoms with Gasteiger partial charge < -0.3 is 9.64 Å². The normalized spacial score (nSPS) is 10.2. The van der Waals surface area contributed by atoms with Crippen LogP contribution in [-0.2, 0) is 9.53 Å². The van der Waals surface area contributed by atoms with Crippen molar-refractivity contribution < 1.29 is 14.3 Å². The number of benzene rings is 2. The fourth-order valence-electron chi connectivity index (χ4n) is 2.70. The Kier molecular flexibility index (Phi) is 6.38. The quantitative estimate of drug-likeness (QED) is 0.581. The molecule has 1 aromatic heterocycles. The van der Waals surface area contributed by atoms with E-state index in [0.717, 1.165) is 11.3 Å². The highest BCUT2D eigenvalue weighted by Crippen LogP contribution is 2.24. The molecule has 0 fully saturated rings. The third-order valence-electron chi connectivity index (χ3n) is 4.31. The molecular formula is C22H20N4O3. The summed E-state index contributed by atoms with van der Waals surface area (Å²) >= 11 is 0. The van der Waals surface area contributed by atoms with E-state index in [2.05, 4.69) is 5.10 Å². The second-order valence-corrected chi connectivity index (χ2v) is 6.34. The first-order valence-electron chi connectivity index (χ1n) is 9.08. The molecule has 0 radical (unpaired) electrons. The van der Waals surface area contributed by atoms with E-state index in [1.165, 1.54) is 4.90 Å². The number of nitrogens with zero attached hydrogens (tertiary/aromatic N) is 4. The first kappa shape index (κ1) is 19.8. The number of rotatable bonds is 7. The summed E-state index contributed by atoms with van der Waals surface area (Å²) in [4.78, 5) is 26.2. The van der Waals surface area contributed by atoms with Crippen molar-refractivity contribution in [1.82, 2.24) is 14.7 Å². The molecule has 2 aromatic carbocycles. The molecule has 0 bridgehead atoms. The van der Waals surface area contributed by atoms with E-state index in [-0.39, 0.29) is 24.4 Å². The van der Waals surface area contributed by atoms with Gasteiger partial charge >= 0.3 is 5.97 Å². The van der Waals surface area contributed by atoms with Gasteiger partial charge in [0, 0.05) is 25.4 Å². The van der Waals surface area contributed by atoms with Crippen LogP contribution < -0.4 is 0 Å². The maximum atomic E-state index is 12.7. The van der Waals surface area contributed by atoms with Crippen molar-refractivity contribution in [3.63, 3.8) is 0 Å². The minimum Gasteiger partial charge on any atom is -0.452 e. The van der Waals surface area contributed by atoms with Gasteiger partial charge in [0.05, 0.1) is 18.2 Å². The maximum Gasteiger partial charge on any atom is 0.342 e. The number of likely N-dealkylation sites (N-methyl/N-ethyl adjacent to an activating group) is 1. The van der Waals surface area contributed by atoms with Crippen molar-refractivity contribution in [3.05, 3.63) is 72.4 Å². The maximum absolute atomic E-state index is 12.7. The predicted octanol–water partition coefficient (Wildman–Crippen LogP) is 3.07. The molecule has 3 rings (SSSR count). The molecular weight excluding hydrogens is 368 g/mol. The van der Waals surface area contributed by atoms with Gasteiger partial charge in [0.2, 0.25) is 0 Å². The molecule has 29 heavy (non-hydrogen) atoms.